The largest absolute Gasteiger partial charge is 0.341 e. The Morgan fingerprint density at radius 3 is 2.62 bits per heavy atom. The van der Waals surface area contributed by atoms with E-state index in [-0.39, 0.29) is 17.7 Å². The van der Waals surface area contributed by atoms with E-state index in [4.69, 9.17) is 5.26 Å². The van der Waals surface area contributed by atoms with Crippen LogP contribution in [0.3, 0.4) is 0 Å². The van der Waals surface area contributed by atoms with Crippen LogP contribution in [0.2, 0.25) is 0 Å². The molecule has 2 N–H and O–H groups in total. The number of benzene rings is 1. The number of amides is 2. The molecule has 0 bridgehead atoms. The van der Waals surface area contributed by atoms with Crippen molar-refractivity contribution < 1.29 is 18.0 Å². The maximum atomic E-state index is 12.9. The molecule has 0 saturated heterocycles. The Balaban J connectivity index is 1.89. The molecule has 2 amide bonds. The quantitative estimate of drug-likeness (QED) is 0.635. The van der Waals surface area contributed by atoms with Gasteiger partial charge in [-0.25, -0.2) is 12.4 Å². The Labute approximate surface area is 169 Å². The van der Waals surface area contributed by atoms with Crippen LogP contribution in [0.4, 0.5) is 0 Å². The first-order valence-electron chi connectivity index (χ1n) is 9.55. The summed E-state index contributed by atoms with van der Waals surface area (Å²) < 4.78 is 26.5. The molecule has 1 saturated carbocycles. The van der Waals surface area contributed by atoms with Crippen LogP contribution in [0, 0.1) is 17.2 Å². The van der Waals surface area contributed by atoms with Crippen molar-refractivity contribution in [3.63, 3.8) is 0 Å². The molecular weight excluding hydrogens is 392 g/mol. The second-order valence-electron chi connectivity index (χ2n) is 7.63. The van der Waals surface area contributed by atoms with E-state index in [0.717, 1.165) is 0 Å². The summed E-state index contributed by atoms with van der Waals surface area (Å²) in [7, 11) is -3.46. The zero-order valence-corrected chi connectivity index (χ0v) is 17.2. The number of hydrogen-bond acceptors (Lipinski definition) is 5. The molecule has 29 heavy (non-hydrogen) atoms. The van der Waals surface area contributed by atoms with Crippen LogP contribution >= 0.6 is 0 Å². The maximum Gasteiger partial charge on any atom is 0.252 e. The summed E-state index contributed by atoms with van der Waals surface area (Å²) in [6.45, 7) is 3.72. The van der Waals surface area contributed by atoms with E-state index < -0.39 is 27.9 Å². The molecule has 9 heteroatoms. The smallest absolute Gasteiger partial charge is 0.252 e. The number of hydrogen-bond donors (Lipinski definition) is 2. The van der Waals surface area contributed by atoms with Gasteiger partial charge in [-0.3, -0.25) is 9.59 Å². The number of nitrogens with zero attached hydrogens (tertiary/aromatic N) is 2. The Kier molecular flexibility index (Phi) is 5.94. The molecule has 1 fully saturated rings. The topological polar surface area (TPSA) is 121 Å². The maximum absolute atomic E-state index is 12.9. The van der Waals surface area contributed by atoms with Gasteiger partial charge in [-0.1, -0.05) is 19.9 Å². The van der Waals surface area contributed by atoms with Crippen LogP contribution in [0.15, 0.2) is 30.5 Å². The molecule has 154 valence electrons. The van der Waals surface area contributed by atoms with Gasteiger partial charge in [0.2, 0.25) is 15.9 Å². The minimum Gasteiger partial charge on any atom is -0.341 e. The molecule has 1 aromatic heterocycles. The molecule has 2 aromatic rings. The van der Waals surface area contributed by atoms with Gasteiger partial charge in [0.25, 0.3) is 5.91 Å². The number of carbonyl (C=O) groups excluding carboxylic acids is 2. The van der Waals surface area contributed by atoms with Gasteiger partial charge in [0.05, 0.1) is 16.8 Å². The van der Waals surface area contributed by atoms with Crippen molar-refractivity contribution in [2.45, 2.75) is 44.4 Å². The zero-order chi connectivity index (χ0) is 21.2. The highest BCUT2D eigenvalue weighted by Gasteiger charge is 2.37. The van der Waals surface area contributed by atoms with Gasteiger partial charge in [-0.05, 0) is 43.4 Å². The molecule has 1 unspecified atom stereocenters. The number of nitrogens with one attached hydrogen (secondary N) is 2. The Hall–Kier alpha value is -2.86. The lowest BCUT2D eigenvalue weighted by atomic mass is 10.0. The van der Waals surface area contributed by atoms with E-state index in [1.807, 2.05) is 19.9 Å². The highest BCUT2D eigenvalue weighted by Crippen LogP contribution is 2.32. The standard InChI is InChI=1S/C20H24N4O4S/c1-13(2)12-17(20(26)22-10-9-21)23-19(25)16-4-3-5-18-15(16)8-11-24(18)29(27,28)14-6-7-14/h3-5,8,11,13-14,17H,6-7,10,12H2,1-2H3,(H,22,26)(H,23,25). The first-order valence-corrected chi connectivity index (χ1v) is 11.1. The van der Waals surface area contributed by atoms with E-state index in [9.17, 15) is 18.0 Å². The molecule has 0 radical (unpaired) electrons. The van der Waals surface area contributed by atoms with Crippen molar-refractivity contribution in [3.8, 4) is 6.07 Å². The van der Waals surface area contributed by atoms with Crippen LogP contribution in [-0.2, 0) is 14.8 Å². The van der Waals surface area contributed by atoms with Gasteiger partial charge in [0, 0.05) is 17.1 Å². The third-order valence-corrected chi connectivity index (χ3v) is 7.01. The van der Waals surface area contributed by atoms with Crippen LogP contribution in [0.25, 0.3) is 10.9 Å². The van der Waals surface area contributed by atoms with Gasteiger partial charge >= 0.3 is 0 Å². The summed E-state index contributed by atoms with van der Waals surface area (Å²) in [6.07, 6.45) is 3.18. The minimum absolute atomic E-state index is 0.138. The molecule has 1 aliphatic carbocycles. The van der Waals surface area contributed by atoms with Crippen LogP contribution in [0.1, 0.15) is 43.5 Å². The number of aromatic nitrogens is 1. The molecule has 1 aromatic carbocycles. The van der Waals surface area contributed by atoms with Crippen LogP contribution in [-0.4, -0.2) is 42.0 Å². The highest BCUT2D eigenvalue weighted by molar-refractivity contribution is 7.91. The van der Waals surface area contributed by atoms with Crippen LogP contribution < -0.4 is 10.6 Å². The predicted molar refractivity (Wildman–Crippen MR) is 109 cm³/mol. The third kappa shape index (κ3) is 4.43. The van der Waals surface area contributed by atoms with E-state index in [0.29, 0.717) is 35.7 Å². The second kappa shape index (κ2) is 8.25. The number of fused-ring (bicyclic) bond motifs is 1. The lowest BCUT2D eigenvalue weighted by Gasteiger charge is -2.20. The normalized spacial score (nSPS) is 15.1. The van der Waals surface area contributed by atoms with Gasteiger partial charge < -0.3 is 10.6 Å². The monoisotopic (exact) mass is 416 g/mol. The molecule has 1 aliphatic rings. The predicted octanol–water partition coefficient (Wildman–Crippen LogP) is 1.77. The van der Waals surface area contributed by atoms with Crippen molar-refractivity contribution in [2.75, 3.05) is 6.54 Å². The SMILES string of the molecule is CC(C)CC(NC(=O)c1cccc2c1ccn2S(=O)(=O)C1CC1)C(=O)NCC#N. The lowest BCUT2D eigenvalue weighted by molar-refractivity contribution is -0.123. The van der Waals surface area contributed by atoms with Crippen molar-refractivity contribution in [3.05, 3.63) is 36.0 Å². The minimum atomic E-state index is -3.46. The van der Waals surface area contributed by atoms with E-state index in [1.54, 1.807) is 24.3 Å². The molecular formula is C20H24N4O4S. The molecule has 1 heterocycles. The Morgan fingerprint density at radius 2 is 2.00 bits per heavy atom. The van der Waals surface area contributed by atoms with Crippen molar-refractivity contribution >= 4 is 32.7 Å². The highest BCUT2D eigenvalue weighted by atomic mass is 32.2. The van der Waals surface area contributed by atoms with E-state index >= 15 is 0 Å². The first kappa shape index (κ1) is 20.9. The summed E-state index contributed by atoms with van der Waals surface area (Å²) in [4.78, 5) is 25.2. The molecule has 8 nitrogen and oxygen atoms in total. The zero-order valence-electron chi connectivity index (χ0n) is 16.4. The molecule has 0 aliphatic heterocycles. The van der Waals surface area contributed by atoms with E-state index in [2.05, 4.69) is 10.6 Å². The summed E-state index contributed by atoms with van der Waals surface area (Å²) in [5, 5.41) is 14.0. The molecule has 1 atom stereocenters. The summed E-state index contributed by atoms with van der Waals surface area (Å²) in [5.41, 5.74) is 0.743. The molecule has 0 spiro atoms. The van der Waals surface area contributed by atoms with Gasteiger partial charge in [0.15, 0.2) is 0 Å². The summed E-state index contributed by atoms with van der Waals surface area (Å²) >= 11 is 0. The van der Waals surface area contributed by atoms with Gasteiger partial charge in [0.1, 0.15) is 12.6 Å². The number of carbonyl (C=O) groups is 2. The fraction of sp³-hybridized carbons (Fsp3) is 0.450. The van der Waals surface area contributed by atoms with E-state index in [1.165, 1.54) is 10.2 Å². The number of nitriles is 1. The van der Waals surface area contributed by atoms with Gasteiger partial charge in [-0.2, -0.15) is 5.26 Å². The lowest BCUT2D eigenvalue weighted by Crippen LogP contribution is -2.47. The fourth-order valence-corrected chi connectivity index (χ4v) is 4.99. The fourth-order valence-electron chi connectivity index (χ4n) is 3.28. The average Bonchev–Trinajstić information content (AvgIpc) is 3.44. The number of rotatable bonds is 8. The van der Waals surface area contributed by atoms with Gasteiger partial charge in [-0.15, -0.1) is 0 Å². The van der Waals surface area contributed by atoms with Crippen molar-refractivity contribution in [2.24, 2.45) is 5.92 Å². The first-order chi connectivity index (χ1) is 13.8. The average molecular weight is 417 g/mol. The summed E-state index contributed by atoms with van der Waals surface area (Å²) in [6, 6.07) is 7.56. The Morgan fingerprint density at radius 1 is 1.28 bits per heavy atom. The Bertz CT molecular complexity index is 1080. The van der Waals surface area contributed by atoms with Crippen molar-refractivity contribution in [1.82, 2.24) is 14.6 Å². The van der Waals surface area contributed by atoms with Crippen molar-refractivity contribution in [1.29, 1.82) is 5.26 Å². The van der Waals surface area contributed by atoms with Crippen LogP contribution in [0.5, 0.6) is 0 Å². The molecule has 3 rings (SSSR count). The third-order valence-electron chi connectivity index (χ3n) is 4.83. The summed E-state index contributed by atoms with van der Waals surface area (Å²) in [5.74, 6) is -0.738. The second-order valence-corrected chi connectivity index (χ2v) is 9.72.